The van der Waals surface area contributed by atoms with Crippen molar-refractivity contribution in [3.63, 3.8) is 0 Å². The van der Waals surface area contributed by atoms with Crippen molar-refractivity contribution in [1.82, 2.24) is 20.9 Å². The lowest BCUT2D eigenvalue weighted by molar-refractivity contribution is -0.143. The highest BCUT2D eigenvalue weighted by Crippen LogP contribution is 2.15. The standard InChI is InChI=1S/C31H53N13O8/c1-16(45)24(33)28(51)41-19(5-3-13-39-30(35)36)26(49)42-20(11-12-23(32)47)29(52)44(2)22(6-4-14-40-31(37)38)27(50)43-21(25(34)48)15-17-7-9-18(46)10-8-17/h7-10,16,19-22,24,45-46H,3-6,11-15,33H2,1-2H3,(H2,32,47)(H2,34,48)(H,41,51)(H,42,49)(H,43,50)(H4,35,36,39)(H4,37,38,40)/t16-,19+,20+,21+,22+,24+/m1/s1. The Labute approximate surface area is 301 Å². The minimum atomic E-state index is -1.44. The second-order valence-corrected chi connectivity index (χ2v) is 12.1. The number of phenolic OH excluding ortho intramolecular Hbond substituents is 1. The predicted molar refractivity (Wildman–Crippen MR) is 191 cm³/mol. The van der Waals surface area contributed by atoms with E-state index in [0.29, 0.717) is 5.56 Å². The van der Waals surface area contributed by atoms with Crippen LogP contribution in [-0.4, -0.2) is 119 Å². The first kappa shape index (κ1) is 44.3. The van der Waals surface area contributed by atoms with E-state index < -0.39 is 71.8 Å². The maximum Gasteiger partial charge on any atom is 0.245 e. The Morgan fingerprint density at radius 2 is 1.27 bits per heavy atom. The Hall–Kier alpha value is -5.70. The van der Waals surface area contributed by atoms with Crippen molar-refractivity contribution in [2.24, 2.45) is 50.1 Å². The molecular formula is C31H53N13O8. The maximum absolute atomic E-state index is 14.0. The molecule has 52 heavy (non-hydrogen) atoms. The van der Waals surface area contributed by atoms with Crippen molar-refractivity contribution >= 4 is 47.4 Å². The first-order valence-corrected chi connectivity index (χ1v) is 16.4. The van der Waals surface area contributed by atoms with E-state index >= 15 is 0 Å². The number of rotatable bonds is 23. The normalized spacial score (nSPS) is 14.2. The Balaban J connectivity index is 3.40. The van der Waals surface area contributed by atoms with Crippen LogP contribution in [0.1, 0.15) is 51.0 Å². The molecule has 6 atom stereocenters. The molecule has 0 saturated carbocycles. The number of likely N-dealkylation sites (N-methyl/N-ethyl adjacent to an activating group) is 1. The van der Waals surface area contributed by atoms with E-state index in [1.165, 1.54) is 26.1 Å². The molecule has 0 unspecified atom stereocenters. The zero-order valence-corrected chi connectivity index (χ0v) is 29.4. The SMILES string of the molecule is C[C@@H](O)[C@H](N)C(=O)N[C@@H](CCCN=C(N)N)C(=O)N[C@@H](CCC(N)=O)C(=O)N(C)[C@@H](CCCN=C(N)N)C(=O)N[C@@H](Cc1ccc(O)cc1)C(N)=O. The molecule has 0 fully saturated rings. The number of aliphatic hydroxyl groups excluding tert-OH is 1. The van der Waals surface area contributed by atoms with Gasteiger partial charge >= 0.3 is 0 Å². The fourth-order valence-electron chi connectivity index (χ4n) is 4.83. The highest BCUT2D eigenvalue weighted by atomic mass is 16.3. The fourth-order valence-corrected chi connectivity index (χ4v) is 4.83. The van der Waals surface area contributed by atoms with E-state index in [0.717, 1.165) is 4.90 Å². The van der Waals surface area contributed by atoms with E-state index in [9.17, 15) is 39.0 Å². The minimum Gasteiger partial charge on any atom is -0.508 e. The number of phenols is 1. The van der Waals surface area contributed by atoms with Crippen LogP contribution in [0, 0.1) is 0 Å². The van der Waals surface area contributed by atoms with E-state index in [-0.39, 0.29) is 75.7 Å². The molecule has 0 heterocycles. The van der Waals surface area contributed by atoms with Crippen molar-refractivity contribution in [1.29, 1.82) is 0 Å². The van der Waals surface area contributed by atoms with Gasteiger partial charge in [0.1, 0.15) is 36.0 Å². The topological polar surface area (TPSA) is 389 Å². The van der Waals surface area contributed by atoms with Gasteiger partial charge < -0.3 is 71.2 Å². The van der Waals surface area contributed by atoms with Crippen LogP contribution in [0.3, 0.4) is 0 Å². The third kappa shape index (κ3) is 16.3. The van der Waals surface area contributed by atoms with E-state index in [1.54, 1.807) is 12.1 Å². The Morgan fingerprint density at radius 1 is 0.750 bits per heavy atom. The molecule has 1 aromatic rings. The minimum absolute atomic E-state index is 0.00894. The van der Waals surface area contributed by atoms with Gasteiger partial charge in [0, 0.05) is 33.0 Å². The number of nitrogens with one attached hydrogen (secondary N) is 3. The Bertz CT molecular complexity index is 1430. The van der Waals surface area contributed by atoms with Crippen LogP contribution in [0.2, 0.25) is 0 Å². The van der Waals surface area contributed by atoms with Gasteiger partial charge in [-0.05, 0) is 56.7 Å². The molecular weight excluding hydrogens is 682 g/mol. The predicted octanol–water partition coefficient (Wildman–Crippen LogP) is -5.22. The molecule has 0 saturated heterocycles. The lowest BCUT2D eigenvalue weighted by atomic mass is 10.0. The zero-order valence-electron chi connectivity index (χ0n) is 29.4. The molecule has 0 aliphatic rings. The van der Waals surface area contributed by atoms with Crippen molar-refractivity contribution in [2.45, 2.75) is 88.2 Å². The molecule has 6 amide bonds. The molecule has 0 bridgehead atoms. The Morgan fingerprint density at radius 3 is 1.77 bits per heavy atom. The van der Waals surface area contributed by atoms with Crippen LogP contribution < -0.4 is 56.1 Å². The molecule has 0 aromatic heterocycles. The van der Waals surface area contributed by atoms with E-state index in [1.807, 2.05) is 0 Å². The number of amides is 6. The van der Waals surface area contributed by atoms with Crippen molar-refractivity contribution < 1.29 is 39.0 Å². The average Bonchev–Trinajstić information content (AvgIpc) is 3.06. The van der Waals surface area contributed by atoms with Gasteiger partial charge in [-0.15, -0.1) is 0 Å². The molecule has 19 N–H and O–H groups in total. The Kier molecular flexibility index (Phi) is 18.9. The van der Waals surface area contributed by atoms with Gasteiger partial charge in [-0.25, -0.2) is 0 Å². The van der Waals surface area contributed by atoms with Crippen LogP contribution >= 0.6 is 0 Å². The van der Waals surface area contributed by atoms with Crippen molar-refractivity contribution in [3.05, 3.63) is 29.8 Å². The van der Waals surface area contributed by atoms with Gasteiger partial charge in [-0.3, -0.25) is 38.8 Å². The lowest BCUT2D eigenvalue weighted by Crippen LogP contribution is -2.59. The van der Waals surface area contributed by atoms with Gasteiger partial charge in [0.05, 0.1) is 6.10 Å². The number of aliphatic imine (C=N–C) groups is 2. The highest BCUT2D eigenvalue weighted by Gasteiger charge is 2.35. The van der Waals surface area contributed by atoms with Crippen LogP contribution in [-0.2, 0) is 35.2 Å². The van der Waals surface area contributed by atoms with Crippen molar-refractivity contribution in [2.75, 3.05) is 20.1 Å². The number of aliphatic hydroxyl groups is 1. The quantitative estimate of drug-likeness (QED) is 0.0284. The average molecular weight is 736 g/mol. The summed E-state index contributed by atoms with van der Waals surface area (Å²) in [5.41, 5.74) is 38.8. The second kappa shape index (κ2) is 22.2. The smallest absolute Gasteiger partial charge is 0.245 e. The van der Waals surface area contributed by atoms with Crippen LogP contribution in [0.5, 0.6) is 5.75 Å². The largest absolute Gasteiger partial charge is 0.508 e. The molecule has 21 nitrogen and oxygen atoms in total. The molecule has 1 aromatic carbocycles. The summed E-state index contributed by atoms with van der Waals surface area (Å²) < 4.78 is 0. The molecule has 0 radical (unpaired) electrons. The number of benzene rings is 1. The van der Waals surface area contributed by atoms with E-state index in [2.05, 4.69) is 25.9 Å². The molecule has 0 aliphatic heterocycles. The van der Waals surface area contributed by atoms with E-state index in [4.69, 9.17) is 40.1 Å². The molecule has 0 aliphatic carbocycles. The third-order valence-electron chi connectivity index (χ3n) is 7.78. The monoisotopic (exact) mass is 735 g/mol. The first-order valence-electron chi connectivity index (χ1n) is 16.4. The molecule has 0 spiro atoms. The summed E-state index contributed by atoms with van der Waals surface area (Å²) >= 11 is 0. The van der Waals surface area contributed by atoms with Gasteiger partial charge in [0.25, 0.3) is 0 Å². The first-order chi connectivity index (χ1) is 24.3. The summed E-state index contributed by atoms with van der Waals surface area (Å²) in [6.07, 6.45) is -1.59. The number of carbonyl (C=O) groups excluding carboxylic acids is 6. The molecule has 290 valence electrons. The van der Waals surface area contributed by atoms with Gasteiger partial charge in [0.2, 0.25) is 35.4 Å². The summed E-state index contributed by atoms with van der Waals surface area (Å²) in [4.78, 5) is 86.9. The second-order valence-electron chi connectivity index (χ2n) is 12.1. The molecule has 1 rings (SSSR count). The fraction of sp³-hybridized carbons (Fsp3) is 0.548. The number of aromatic hydroxyl groups is 1. The number of hydrogen-bond acceptors (Lipinski definition) is 11. The maximum atomic E-state index is 14.0. The zero-order chi connectivity index (χ0) is 39.5. The summed E-state index contributed by atoms with van der Waals surface area (Å²) in [7, 11) is 1.28. The van der Waals surface area contributed by atoms with Crippen molar-refractivity contribution in [3.8, 4) is 5.75 Å². The van der Waals surface area contributed by atoms with Gasteiger partial charge in [-0.1, -0.05) is 12.1 Å². The third-order valence-corrected chi connectivity index (χ3v) is 7.78. The summed E-state index contributed by atoms with van der Waals surface area (Å²) in [5, 5.41) is 26.9. The lowest BCUT2D eigenvalue weighted by Gasteiger charge is -2.32. The number of primary amides is 2. The van der Waals surface area contributed by atoms with Crippen LogP contribution in [0.25, 0.3) is 0 Å². The number of nitrogens with zero attached hydrogens (tertiary/aromatic N) is 3. The number of hydrogen-bond donors (Lipinski definition) is 12. The number of guanidine groups is 2. The van der Waals surface area contributed by atoms with Gasteiger partial charge in [0.15, 0.2) is 11.9 Å². The highest BCUT2D eigenvalue weighted by molar-refractivity contribution is 5.96. The van der Waals surface area contributed by atoms with Crippen LogP contribution in [0.15, 0.2) is 34.3 Å². The summed E-state index contributed by atoms with van der Waals surface area (Å²) in [6, 6.07) is -0.728. The number of nitrogens with two attached hydrogens (primary N) is 7. The molecule has 21 heteroatoms. The number of carbonyl (C=O) groups is 6. The van der Waals surface area contributed by atoms with Gasteiger partial charge in [-0.2, -0.15) is 0 Å². The summed E-state index contributed by atoms with van der Waals surface area (Å²) in [6.45, 7) is 1.46. The van der Waals surface area contributed by atoms with Crippen LogP contribution in [0.4, 0.5) is 0 Å². The summed E-state index contributed by atoms with van der Waals surface area (Å²) in [5.74, 6) is -5.37.